The second kappa shape index (κ2) is 8.10. The molecule has 2 heterocycles. The molecule has 0 saturated carbocycles. The van der Waals surface area contributed by atoms with Crippen molar-refractivity contribution >= 4 is 22.6 Å². The summed E-state index contributed by atoms with van der Waals surface area (Å²) in [6, 6.07) is 19.9. The maximum Gasteiger partial charge on any atom is 0.295 e. The van der Waals surface area contributed by atoms with Crippen LogP contribution in [0, 0.1) is 13.8 Å². The Morgan fingerprint density at radius 2 is 1.76 bits per heavy atom. The third-order valence-corrected chi connectivity index (χ3v) is 5.87. The molecule has 0 aliphatic carbocycles. The first-order valence-electron chi connectivity index (χ1n) is 10.8. The molecule has 0 N–H and O–H groups in total. The number of rotatable bonds is 5. The van der Waals surface area contributed by atoms with Crippen LogP contribution in [0.1, 0.15) is 38.9 Å². The van der Waals surface area contributed by atoms with Gasteiger partial charge in [0.15, 0.2) is 5.43 Å². The summed E-state index contributed by atoms with van der Waals surface area (Å²) in [5.74, 6) is 0.452. The van der Waals surface area contributed by atoms with Gasteiger partial charge in [0.1, 0.15) is 17.9 Å². The van der Waals surface area contributed by atoms with E-state index in [1.54, 1.807) is 17.0 Å². The van der Waals surface area contributed by atoms with Crippen molar-refractivity contribution < 1.29 is 13.9 Å². The third-order valence-electron chi connectivity index (χ3n) is 5.87. The number of carbonyl (C=O) groups is 1. The predicted octanol–water partition coefficient (Wildman–Crippen LogP) is 5.72. The highest BCUT2D eigenvalue weighted by Gasteiger charge is 2.43. The van der Waals surface area contributed by atoms with E-state index in [-0.39, 0.29) is 17.1 Å². The van der Waals surface area contributed by atoms with Gasteiger partial charge in [-0.2, -0.15) is 0 Å². The topological polar surface area (TPSA) is 59.8 Å². The van der Waals surface area contributed by atoms with Crippen LogP contribution in [0.15, 0.2) is 88.6 Å². The molecule has 1 amide bonds. The van der Waals surface area contributed by atoms with E-state index >= 15 is 0 Å². The summed E-state index contributed by atoms with van der Waals surface area (Å²) in [4.78, 5) is 28.9. The van der Waals surface area contributed by atoms with Crippen LogP contribution in [0.5, 0.6) is 5.75 Å². The van der Waals surface area contributed by atoms with Gasteiger partial charge in [0, 0.05) is 5.69 Å². The smallest absolute Gasteiger partial charge is 0.295 e. The average Bonchev–Trinajstić information content (AvgIpc) is 3.11. The standard InChI is InChI=1S/C28H23NO4/c1-4-14-32-21-11-9-19(10-12-21)25-24-26(30)22-16-18(3)8-13-23(22)33-27(24)28(31)29(25)20-7-5-6-17(2)15-20/h4-13,15-16,25H,1,14H2,2-3H3. The Morgan fingerprint density at radius 1 is 1.00 bits per heavy atom. The van der Waals surface area contributed by atoms with Gasteiger partial charge in [-0.1, -0.05) is 48.6 Å². The number of ether oxygens (including phenoxy) is 1. The van der Waals surface area contributed by atoms with E-state index in [9.17, 15) is 9.59 Å². The number of benzene rings is 3. The van der Waals surface area contributed by atoms with Crippen LogP contribution in [0.3, 0.4) is 0 Å². The van der Waals surface area contributed by atoms with Gasteiger partial charge >= 0.3 is 0 Å². The predicted molar refractivity (Wildman–Crippen MR) is 129 cm³/mol. The van der Waals surface area contributed by atoms with E-state index in [1.165, 1.54) is 0 Å². The first kappa shape index (κ1) is 20.8. The number of aryl methyl sites for hydroxylation is 2. The lowest BCUT2D eigenvalue weighted by molar-refractivity contribution is 0.0971. The average molecular weight is 437 g/mol. The van der Waals surface area contributed by atoms with Gasteiger partial charge < -0.3 is 9.15 Å². The molecule has 0 saturated heterocycles. The van der Waals surface area contributed by atoms with Crippen LogP contribution < -0.4 is 15.1 Å². The molecule has 0 fully saturated rings. The molecular weight excluding hydrogens is 414 g/mol. The van der Waals surface area contributed by atoms with E-state index in [0.717, 1.165) is 16.7 Å². The van der Waals surface area contributed by atoms with Crippen molar-refractivity contribution in [2.75, 3.05) is 11.5 Å². The van der Waals surface area contributed by atoms with Crippen molar-refractivity contribution in [3.8, 4) is 5.75 Å². The molecule has 5 rings (SSSR count). The molecule has 1 unspecified atom stereocenters. The van der Waals surface area contributed by atoms with E-state index in [2.05, 4.69) is 6.58 Å². The lowest BCUT2D eigenvalue weighted by Gasteiger charge is -2.25. The van der Waals surface area contributed by atoms with E-state index < -0.39 is 6.04 Å². The number of hydrogen-bond acceptors (Lipinski definition) is 4. The van der Waals surface area contributed by atoms with E-state index in [1.807, 2.05) is 74.5 Å². The lowest BCUT2D eigenvalue weighted by atomic mass is 9.97. The highest BCUT2D eigenvalue weighted by atomic mass is 16.5. The number of nitrogens with zero attached hydrogens (tertiary/aromatic N) is 1. The summed E-state index contributed by atoms with van der Waals surface area (Å²) in [5, 5.41) is 0.476. The molecule has 5 heteroatoms. The molecule has 1 aliphatic heterocycles. The van der Waals surface area contributed by atoms with E-state index in [4.69, 9.17) is 9.15 Å². The van der Waals surface area contributed by atoms with Gasteiger partial charge in [-0.3, -0.25) is 14.5 Å². The zero-order valence-corrected chi connectivity index (χ0v) is 18.5. The Hall–Kier alpha value is -4.12. The lowest BCUT2D eigenvalue weighted by Crippen LogP contribution is -2.29. The van der Waals surface area contributed by atoms with Crippen LogP contribution in [0.2, 0.25) is 0 Å². The summed E-state index contributed by atoms with van der Waals surface area (Å²) < 4.78 is 11.6. The van der Waals surface area contributed by atoms with Crippen LogP contribution in [-0.2, 0) is 0 Å². The van der Waals surface area contributed by atoms with Gasteiger partial charge in [0.25, 0.3) is 5.91 Å². The van der Waals surface area contributed by atoms with Gasteiger partial charge in [0.2, 0.25) is 5.76 Å². The zero-order chi connectivity index (χ0) is 23.1. The summed E-state index contributed by atoms with van der Waals surface area (Å²) in [7, 11) is 0. The van der Waals surface area contributed by atoms with Gasteiger partial charge in [-0.05, 0) is 61.4 Å². The molecule has 0 bridgehead atoms. The van der Waals surface area contributed by atoms with Crippen LogP contribution >= 0.6 is 0 Å². The summed E-state index contributed by atoms with van der Waals surface area (Å²) >= 11 is 0. The van der Waals surface area contributed by atoms with Crippen molar-refractivity contribution in [3.63, 3.8) is 0 Å². The van der Waals surface area contributed by atoms with Crippen LogP contribution in [-0.4, -0.2) is 12.5 Å². The van der Waals surface area contributed by atoms with E-state index in [0.29, 0.717) is 34.6 Å². The Bertz CT molecular complexity index is 1450. The molecule has 0 radical (unpaired) electrons. The second-order valence-electron chi connectivity index (χ2n) is 8.26. The molecule has 0 spiro atoms. The molecule has 4 aromatic rings. The zero-order valence-electron chi connectivity index (χ0n) is 18.5. The molecule has 33 heavy (non-hydrogen) atoms. The Labute approximate surface area is 191 Å². The fraction of sp³-hybridized carbons (Fsp3) is 0.143. The molecule has 5 nitrogen and oxygen atoms in total. The fourth-order valence-corrected chi connectivity index (χ4v) is 4.35. The first-order valence-corrected chi connectivity index (χ1v) is 10.8. The van der Waals surface area contributed by atoms with Crippen molar-refractivity contribution in [1.29, 1.82) is 0 Å². The highest BCUT2D eigenvalue weighted by Crippen LogP contribution is 2.41. The Kier molecular flexibility index (Phi) is 5.09. The van der Waals surface area contributed by atoms with Crippen LogP contribution in [0.4, 0.5) is 5.69 Å². The number of carbonyl (C=O) groups excluding carboxylic acids is 1. The fourth-order valence-electron chi connectivity index (χ4n) is 4.35. The third kappa shape index (κ3) is 3.52. The molecule has 1 aromatic heterocycles. The molecule has 1 aliphatic rings. The SMILES string of the molecule is C=CCOc1ccc(C2c3c(oc4ccc(C)cc4c3=O)C(=O)N2c2cccc(C)c2)cc1. The Morgan fingerprint density at radius 3 is 2.48 bits per heavy atom. The summed E-state index contributed by atoms with van der Waals surface area (Å²) in [6.45, 7) is 7.96. The maximum atomic E-state index is 13.7. The molecule has 1 atom stereocenters. The highest BCUT2D eigenvalue weighted by molar-refractivity contribution is 6.10. The molecule has 3 aromatic carbocycles. The summed E-state index contributed by atoms with van der Waals surface area (Å²) in [6.07, 6.45) is 1.68. The van der Waals surface area contributed by atoms with Crippen LogP contribution in [0.25, 0.3) is 11.0 Å². The van der Waals surface area contributed by atoms with Crippen molar-refractivity contribution in [2.45, 2.75) is 19.9 Å². The largest absolute Gasteiger partial charge is 0.490 e. The quantitative estimate of drug-likeness (QED) is 0.375. The minimum atomic E-state index is -0.607. The summed E-state index contributed by atoms with van der Waals surface area (Å²) in [5.41, 5.74) is 4.07. The molecule has 164 valence electrons. The van der Waals surface area contributed by atoms with Gasteiger partial charge in [0.05, 0.1) is 17.0 Å². The number of anilines is 1. The number of hydrogen-bond donors (Lipinski definition) is 0. The van der Waals surface area contributed by atoms with Crippen molar-refractivity contribution in [1.82, 2.24) is 0 Å². The number of amides is 1. The van der Waals surface area contributed by atoms with Gasteiger partial charge in [-0.15, -0.1) is 0 Å². The minimum Gasteiger partial charge on any atom is -0.490 e. The molecular formula is C28H23NO4. The minimum absolute atomic E-state index is 0.0924. The monoisotopic (exact) mass is 437 g/mol. The Balaban J connectivity index is 1.73. The van der Waals surface area contributed by atoms with Crippen molar-refractivity contribution in [3.05, 3.63) is 118 Å². The normalized spacial score (nSPS) is 15.0. The van der Waals surface area contributed by atoms with Gasteiger partial charge in [-0.25, -0.2) is 0 Å². The second-order valence-corrected chi connectivity index (χ2v) is 8.26. The number of fused-ring (bicyclic) bond motifs is 2. The maximum absolute atomic E-state index is 13.7. The first-order chi connectivity index (χ1) is 16.0. The van der Waals surface area contributed by atoms with Crippen molar-refractivity contribution in [2.24, 2.45) is 0 Å².